The molecule has 0 amide bonds. The molecule has 1 aliphatic carbocycles. The number of benzene rings is 1. The summed E-state index contributed by atoms with van der Waals surface area (Å²) < 4.78 is 30.3. The van der Waals surface area contributed by atoms with E-state index >= 15 is 0 Å². The lowest BCUT2D eigenvalue weighted by atomic mass is 10.2. The van der Waals surface area contributed by atoms with E-state index in [9.17, 15) is 8.42 Å². The van der Waals surface area contributed by atoms with Gasteiger partial charge in [-0.05, 0) is 55.5 Å². The lowest BCUT2D eigenvalue weighted by molar-refractivity contribution is 0.500. The second-order valence-corrected chi connectivity index (χ2v) is 7.81. The van der Waals surface area contributed by atoms with Crippen molar-refractivity contribution in [1.82, 2.24) is 4.83 Å². The molecule has 1 aliphatic rings. The van der Waals surface area contributed by atoms with Crippen LogP contribution >= 0.6 is 0 Å². The molecule has 1 aromatic heterocycles. The van der Waals surface area contributed by atoms with Gasteiger partial charge in [0, 0.05) is 5.92 Å². The SMILES string of the molecule is Cc1ccc(C)c(S(=O)(=O)N/N=C\c2ccc([C@H]3C[C@H]3C)o2)c1. The summed E-state index contributed by atoms with van der Waals surface area (Å²) in [6.07, 6.45) is 2.53. The Labute approximate surface area is 136 Å². The minimum Gasteiger partial charge on any atom is -0.460 e. The molecule has 3 rings (SSSR count). The summed E-state index contributed by atoms with van der Waals surface area (Å²) in [6.45, 7) is 5.79. The van der Waals surface area contributed by atoms with Gasteiger partial charge < -0.3 is 4.42 Å². The van der Waals surface area contributed by atoms with Crippen LogP contribution in [0.25, 0.3) is 0 Å². The highest BCUT2D eigenvalue weighted by molar-refractivity contribution is 7.89. The van der Waals surface area contributed by atoms with E-state index in [1.54, 1.807) is 25.1 Å². The highest BCUT2D eigenvalue weighted by Crippen LogP contribution is 2.47. The molecule has 122 valence electrons. The molecule has 1 N–H and O–H groups in total. The molecule has 6 heteroatoms. The van der Waals surface area contributed by atoms with Crippen LogP contribution in [0.15, 0.2) is 44.7 Å². The summed E-state index contributed by atoms with van der Waals surface area (Å²) in [5.74, 6) is 2.64. The highest BCUT2D eigenvalue weighted by atomic mass is 32.2. The Morgan fingerprint density at radius 2 is 2.00 bits per heavy atom. The average molecular weight is 332 g/mol. The van der Waals surface area contributed by atoms with E-state index in [1.165, 1.54) is 6.21 Å². The Balaban J connectivity index is 1.71. The monoisotopic (exact) mass is 332 g/mol. The Kier molecular flexibility index (Phi) is 4.02. The molecule has 0 bridgehead atoms. The smallest absolute Gasteiger partial charge is 0.276 e. The Morgan fingerprint density at radius 3 is 2.70 bits per heavy atom. The third-order valence-corrected chi connectivity index (χ3v) is 5.48. The molecule has 1 aromatic carbocycles. The Morgan fingerprint density at radius 1 is 1.26 bits per heavy atom. The fourth-order valence-electron chi connectivity index (χ4n) is 2.56. The van der Waals surface area contributed by atoms with Gasteiger partial charge in [0.15, 0.2) is 0 Å². The van der Waals surface area contributed by atoms with Crippen molar-refractivity contribution in [3.05, 3.63) is 53.0 Å². The zero-order valence-corrected chi connectivity index (χ0v) is 14.2. The van der Waals surface area contributed by atoms with Crippen LogP contribution in [0.2, 0.25) is 0 Å². The van der Waals surface area contributed by atoms with E-state index in [4.69, 9.17) is 4.42 Å². The van der Waals surface area contributed by atoms with Gasteiger partial charge in [-0.15, -0.1) is 0 Å². The molecule has 23 heavy (non-hydrogen) atoms. The Bertz CT molecular complexity index is 852. The molecular formula is C17H20N2O3S. The third-order valence-electron chi connectivity index (χ3n) is 4.12. The van der Waals surface area contributed by atoms with E-state index in [0.717, 1.165) is 17.7 Å². The first-order valence-corrected chi connectivity index (χ1v) is 9.07. The van der Waals surface area contributed by atoms with Crippen molar-refractivity contribution in [2.24, 2.45) is 11.0 Å². The predicted molar refractivity (Wildman–Crippen MR) is 89.1 cm³/mol. The summed E-state index contributed by atoms with van der Waals surface area (Å²) in [5.41, 5.74) is 1.57. The number of hydrogen-bond acceptors (Lipinski definition) is 4. The van der Waals surface area contributed by atoms with Gasteiger partial charge in [-0.1, -0.05) is 19.1 Å². The summed E-state index contributed by atoms with van der Waals surface area (Å²) >= 11 is 0. The largest absolute Gasteiger partial charge is 0.460 e. The molecule has 5 nitrogen and oxygen atoms in total. The number of furan rings is 1. The predicted octanol–water partition coefficient (Wildman–Crippen LogP) is 3.33. The van der Waals surface area contributed by atoms with Crippen LogP contribution in [0.3, 0.4) is 0 Å². The van der Waals surface area contributed by atoms with Crippen molar-refractivity contribution >= 4 is 16.2 Å². The van der Waals surface area contributed by atoms with Gasteiger partial charge >= 0.3 is 0 Å². The number of aryl methyl sites for hydroxylation is 2. The van der Waals surface area contributed by atoms with Gasteiger partial charge in [0.2, 0.25) is 0 Å². The molecule has 2 atom stereocenters. The van der Waals surface area contributed by atoms with Crippen LogP contribution < -0.4 is 4.83 Å². The van der Waals surface area contributed by atoms with E-state index < -0.39 is 10.0 Å². The number of hydrazone groups is 1. The molecule has 2 aromatic rings. The molecular weight excluding hydrogens is 312 g/mol. The molecule has 0 spiro atoms. The van der Waals surface area contributed by atoms with Crippen molar-refractivity contribution in [1.29, 1.82) is 0 Å². The lowest BCUT2D eigenvalue weighted by Gasteiger charge is -2.07. The standard InChI is InChI=1S/C17H20N2O3S/c1-11-4-5-12(2)17(8-11)23(20,21)19-18-10-14-6-7-16(22-14)15-9-13(15)3/h4-8,10,13,15,19H,9H2,1-3H3/b18-10-/t13-,15+/m1/s1. The van der Waals surface area contributed by atoms with Gasteiger partial charge in [-0.2, -0.15) is 18.4 Å². The topological polar surface area (TPSA) is 71.7 Å². The van der Waals surface area contributed by atoms with E-state index in [2.05, 4.69) is 16.9 Å². The highest BCUT2D eigenvalue weighted by Gasteiger charge is 2.36. The van der Waals surface area contributed by atoms with E-state index in [-0.39, 0.29) is 4.90 Å². The third kappa shape index (κ3) is 3.47. The van der Waals surface area contributed by atoms with Crippen molar-refractivity contribution in [3.63, 3.8) is 0 Å². The normalized spacial score (nSPS) is 20.8. The maximum Gasteiger partial charge on any atom is 0.276 e. The fraction of sp³-hybridized carbons (Fsp3) is 0.353. The van der Waals surface area contributed by atoms with Gasteiger partial charge in [-0.3, -0.25) is 0 Å². The van der Waals surface area contributed by atoms with E-state index in [1.807, 2.05) is 19.1 Å². The number of nitrogens with one attached hydrogen (secondary N) is 1. The number of nitrogens with zero attached hydrogens (tertiary/aromatic N) is 1. The van der Waals surface area contributed by atoms with Gasteiger partial charge in [0.05, 0.1) is 11.1 Å². The summed E-state index contributed by atoms with van der Waals surface area (Å²) in [7, 11) is -3.68. The molecule has 0 aliphatic heterocycles. The average Bonchev–Trinajstić information content (AvgIpc) is 3.04. The maximum absolute atomic E-state index is 12.3. The quantitative estimate of drug-likeness (QED) is 0.674. The van der Waals surface area contributed by atoms with Gasteiger partial charge in [0.25, 0.3) is 10.0 Å². The van der Waals surface area contributed by atoms with Crippen LogP contribution in [0.1, 0.15) is 41.9 Å². The first-order chi connectivity index (χ1) is 10.9. The summed E-state index contributed by atoms with van der Waals surface area (Å²) in [6, 6.07) is 9.02. The molecule has 0 radical (unpaired) electrons. The molecule has 1 heterocycles. The minimum absolute atomic E-state index is 0.238. The van der Waals surface area contributed by atoms with Crippen LogP contribution in [0, 0.1) is 19.8 Å². The fourth-order valence-corrected chi connectivity index (χ4v) is 3.68. The minimum atomic E-state index is -3.68. The van der Waals surface area contributed by atoms with Crippen LogP contribution in [-0.4, -0.2) is 14.6 Å². The second kappa shape index (κ2) is 5.85. The Hall–Kier alpha value is -2.08. The first kappa shape index (κ1) is 15.8. The molecule has 1 fully saturated rings. The van der Waals surface area contributed by atoms with Crippen LogP contribution in [0.5, 0.6) is 0 Å². The molecule has 0 saturated heterocycles. The van der Waals surface area contributed by atoms with Gasteiger partial charge in [0.1, 0.15) is 11.5 Å². The van der Waals surface area contributed by atoms with Crippen molar-refractivity contribution < 1.29 is 12.8 Å². The number of hydrogen-bond donors (Lipinski definition) is 1. The van der Waals surface area contributed by atoms with Crippen molar-refractivity contribution in [3.8, 4) is 0 Å². The summed E-state index contributed by atoms with van der Waals surface area (Å²) in [4.78, 5) is 2.47. The molecule has 1 saturated carbocycles. The van der Waals surface area contributed by atoms with E-state index in [0.29, 0.717) is 23.2 Å². The maximum atomic E-state index is 12.3. The second-order valence-electron chi connectivity index (χ2n) is 6.18. The van der Waals surface area contributed by atoms with Crippen LogP contribution in [0.4, 0.5) is 0 Å². The van der Waals surface area contributed by atoms with Crippen molar-refractivity contribution in [2.45, 2.75) is 38.0 Å². The molecule has 0 unspecified atom stereocenters. The van der Waals surface area contributed by atoms with Gasteiger partial charge in [-0.25, -0.2) is 0 Å². The summed E-state index contributed by atoms with van der Waals surface area (Å²) in [5, 5.41) is 3.82. The number of sulfonamides is 1. The first-order valence-electron chi connectivity index (χ1n) is 7.58. The number of rotatable bonds is 5. The zero-order valence-electron chi connectivity index (χ0n) is 13.4. The van der Waals surface area contributed by atoms with Crippen molar-refractivity contribution in [2.75, 3.05) is 0 Å². The lowest BCUT2D eigenvalue weighted by Crippen LogP contribution is -2.19. The van der Waals surface area contributed by atoms with Crippen LogP contribution in [-0.2, 0) is 10.0 Å². The zero-order chi connectivity index (χ0) is 16.6.